The molecule has 3 heteroatoms. The van der Waals surface area contributed by atoms with Gasteiger partial charge in [0.05, 0.1) is 12.0 Å². The van der Waals surface area contributed by atoms with Gasteiger partial charge in [0.1, 0.15) is 0 Å². The Hall–Kier alpha value is -1.74. The zero-order valence-electron chi connectivity index (χ0n) is 12.7. The molecule has 0 radical (unpaired) electrons. The zero-order valence-corrected chi connectivity index (χ0v) is 13.5. The van der Waals surface area contributed by atoms with Gasteiger partial charge in [0, 0.05) is 16.6 Å². The lowest BCUT2D eigenvalue weighted by molar-refractivity contribution is -0.144. The Balaban J connectivity index is 1.71. The Kier molecular flexibility index (Phi) is 4.53. The normalized spacial score (nSPS) is 24.2. The molecule has 2 nitrogen and oxygen atoms in total. The van der Waals surface area contributed by atoms with Crippen LogP contribution >= 0.6 is 11.8 Å². The minimum atomic E-state index is -0.420. The minimum absolute atomic E-state index is 0.0585. The highest BCUT2D eigenvalue weighted by Crippen LogP contribution is 2.41. The van der Waals surface area contributed by atoms with Gasteiger partial charge in [-0.3, -0.25) is 4.79 Å². The highest BCUT2D eigenvalue weighted by atomic mass is 32.2. The van der Waals surface area contributed by atoms with Crippen LogP contribution in [0.1, 0.15) is 12.5 Å². The summed E-state index contributed by atoms with van der Waals surface area (Å²) in [6.07, 6.45) is 0.887. The number of hydrogen-bond acceptors (Lipinski definition) is 3. The molecule has 0 spiro atoms. The molecule has 1 saturated heterocycles. The second kappa shape index (κ2) is 6.57. The van der Waals surface area contributed by atoms with Gasteiger partial charge in [-0.25, -0.2) is 0 Å². The number of cyclic esters (lactones) is 1. The molecule has 2 aromatic rings. The molecule has 0 N–H and O–H groups in total. The SMILES string of the molecule is C[C@@]1(CSc2ccccc2)C(=O)OC[C@@H]1Cc1ccccc1. The molecular weight excluding hydrogens is 292 g/mol. The third-order valence-corrected chi connectivity index (χ3v) is 5.74. The van der Waals surface area contributed by atoms with Gasteiger partial charge in [0.2, 0.25) is 0 Å². The summed E-state index contributed by atoms with van der Waals surface area (Å²) in [7, 11) is 0. The first-order chi connectivity index (χ1) is 10.7. The van der Waals surface area contributed by atoms with Gasteiger partial charge >= 0.3 is 5.97 Å². The second-order valence-corrected chi connectivity index (χ2v) is 7.05. The van der Waals surface area contributed by atoms with E-state index in [-0.39, 0.29) is 11.9 Å². The van der Waals surface area contributed by atoms with Crippen molar-refractivity contribution in [2.75, 3.05) is 12.4 Å². The topological polar surface area (TPSA) is 26.3 Å². The quantitative estimate of drug-likeness (QED) is 0.611. The highest BCUT2D eigenvalue weighted by molar-refractivity contribution is 7.99. The van der Waals surface area contributed by atoms with Gasteiger partial charge in [0.25, 0.3) is 0 Å². The van der Waals surface area contributed by atoms with Gasteiger partial charge in [-0.1, -0.05) is 48.5 Å². The van der Waals surface area contributed by atoms with Gasteiger partial charge in [-0.05, 0) is 31.0 Å². The summed E-state index contributed by atoms with van der Waals surface area (Å²) >= 11 is 1.73. The van der Waals surface area contributed by atoms with E-state index >= 15 is 0 Å². The number of thioether (sulfide) groups is 1. The molecular formula is C19H20O2S. The maximum absolute atomic E-state index is 12.3. The number of rotatable bonds is 5. The first-order valence-corrected chi connectivity index (χ1v) is 8.56. The standard InChI is InChI=1S/C19H20O2S/c1-19(14-22-17-10-6-3-7-11-17)16(13-21-18(19)20)12-15-8-4-2-5-9-15/h2-11,16H,12-14H2,1H3/t16-,19-/m0/s1. The van der Waals surface area contributed by atoms with Crippen molar-refractivity contribution in [2.45, 2.75) is 18.2 Å². The summed E-state index contributed by atoms with van der Waals surface area (Å²) in [6.45, 7) is 2.57. The summed E-state index contributed by atoms with van der Waals surface area (Å²) < 4.78 is 5.39. The molecule has 2 atom stereocenters. The molecule has 0 aliphatic carbocycles. The largest absolute Gasteiger partial charge is 0.465 e. The molecule has 0 aromatic heterocycles. The zero-order chi connectivity index (χ0) is 15.4. The van der Waals surface area contributed by atoms with Crippen LogP contribution in [-0.2, 0) is 16.0 Å². The lowest BCUT2D eigenvalue weighted by Crippen LogP contribution is -2.33. The molecule has 2 aromatic carbocycles. The molecule has 3 rings (SSSR count). The Labute approximate surface area is 135 Å². The van der Waals surface area contributed by atoms with Crippen LogP contribution in [0.4, 0.5) is 0 Å². The Bertz CT molecular complexity index is 626. The lowest BCUT2D eigenvalue weighted by atomic mass is 9.78. The Morgan fingerprint density at radius 3 is 2.41 bits per heavy atom. The molecule has 1 fully saturated rings. The van der Waals surface area contributed by atoms with Crippen LogP contribution in [0.2, 0.25) is 0 Å². The number of carbonyl (C=O) groups is 1. The summed E-state index contributed by atoms with van der Waals surface area (Å²) in [5.41, 5.74) is 0.845. The van der Waals surface area contributed by atoms with Gasteiger partial charge in [-0.2, -0.15) is 0 Å². The summed E-state index contributed by atoms with van der Waals surface area (Å²) in [6, 6.07) is 20.6. The van der Waals surface area contributed by atoms with Gasteiger partial charge in [-0.15, -0.1) is 11.8 Å². The van der Waals surface area contributed by atoms with Crippen molar-refractivity contribution >= 4 is 17.7 Å². The highest BCUT2D eigenvalue weighted by Gasteiger charge is 2.48. The van der Waals surface area contributed by atoms with Crippen LogP contribution in [0, 0.1) is 11.3 Å². The van der Waals surface area contributed by atoms with E-state index in [1.807, 2.05) is 43.3 Å². The monoisotopic (exact) mass is 312 g/mol. The van der Waals surface area contributed by atoms with Crippen LogP contribution in [-0.4, -0.2) is 18.3 Å². The second-order valence-electron chi connectivity index (χ2n) is 6.00. The predicted molar refractivity (Wildman–Crippen MR) is 89.9 cm³/mol. The van der Waals surface area contributed by atoms with Crippen molar-refractivity contribution in [3.05, 3.63) is 66.2 Å². The molecule has 1 heterocycles. The number of ether oxygens (including phenoxy) is 1. The van der Waals surface area contributed by atoms with Crippen LogP contribution in [0.25, 0.3) is 0 Å². The molecule has 1 aliphatic heterocycles. The fourth-order valence-electron chi connectivity index (χ4n) is 2.80. The van der Waals surface area contributed by atoms with E-state index in [9.17, 15) is 4.79 Å². The average Bonchev–Trinajstić information content (AvgIpc) is 2.84. The van der Waals surface area contributed by atoms with Crippen LogP contribution in [0.15, 0.2) is 65.6 Å². The van der Waals surface area contributed by atoms with E-state index in [2.05, 4.69) is 24.3 Å². The molecule has 0 bridgehead atoms. The molecule has 22 heavy (non-hydrogen) atoms. The van der Waals surface area contributed by atoms with Crippen LogP contribution < -0.4 is 0 Å². The molecule has 0 unspecified atom stereocenters. The van der Waals surface area contributed by atoms with Crippen molar-refractivity contribution in [1.29, 1.82) is 0 Å². The summed E-state index contributed by atoms with van der Waals surface area (Å²) in [4.78, 5) is 13.5. The predicted octanol–water partition coefficient (Wildman–Crippen LogP) is 4.20. The molecule has 0 saturated carbocycles. The lowest BCUT2D eigenvalue weighted by Gasteiger charge is -2.26. The minimum Gasteiger partial charge on any atom is -0.465 e. The van der Waals surface area contributed by atoms with Gasteiger partial charge in [0.15, 0.2) is 0 Å². The van der Waals surface area contributed by atoms with E-state index in [1.165, 1.54) is 10.5 Å². The van der Waals surface area contributed by atoms with Crippen LogP contribution in [0.5, 0.6) is 0 Å². The smallest absolute Gasteiger partial charge is 0.313 e. The van der Waals surface area contributed by atoms with Crippen molar-refractivity contribution in [1.82, 2.24) is 0 Å². The number of carbonyl (C=O) groups excluding carboxylic acids is 1. The van der Waals surface area contributed by atoms with Gasteiger partial charge < -0.3 is 4.74 Å². The van der Waals surface area contributed by atoms with Crippen molar-refractivity contribution in [3.63, 3.8) is 0 Å². The first kappa shape index (κ1) is 15.2. The van der Waals surface area contributed by atoms with E-state index in [0.717, 1.165) is 12.2 Å². The third-order valence-electron chi connectivity index (χ3n) is 4.39. The number of hydrogen-bond donors (Lipinski definition) is 0. The number of benzene rings is 2. The van der Waals surface area contributed by atoms with E-state index in [4.69, 9.17) is 4.74 Å². The third kappa shape index (κ3) is 3.20. The Morgan fingerprint density at radius 2 is 1.73 bits per heavy atom. The molecule has 114 valence electrons. The fraction of sp³-hybridized carbons (Fsp3) is 0.316. The molecule has 1 aliphatic rings. The first-order valence-electron chi connectivity index (χ1n) is 7.57. The molecule has 0 amide bonds. The average molecular weight is 312 g/mol. The van der Waals surface area contributed by atoms with E-state index in [0.29, 0.717) is 6.61 Å². The number of esters is 1. The van der Waals surface area contributed by atoms with Crippen molar-refractivity contribution in [2.24, 2.45) is 11.3 Å². The maximum atomic E-state index is 12.3. The summed E-state index contributed by atoms with van der Waals surface area (Å²) in [5.74, 6) is 0.934. The van der Waals surface area contributed by atoms with E-state index in [1.54, 1.807) is 11.8 Å². The summed E-state index contributed by atoms with van der Waals surface area (Å²) in [5, 5.41) is 0. The maximum Gasteiger partial charge on any atom is 0.313 e. The Morgan fingerprint density at radius 1 is 1.09 bits per heavy atom. The van der Waals surface area contributed by atoms with Crippen molar-refractivity contribution < 1.29 is 9.53 Å². The van der Waals surface area contributed by atoms with Crippen LogP contribution in [0.3, 0.4) is 0 Å². The van der Waals surface area contributed by atoms with E-state index < -0.39 is 5.41 Å². The van der Waals surface area contributed by atoms with Crippen molar-refractivity contribution in [3.8, 4) is 0 Å². The fourth-order valence-corrected chi connectivity index (χ4v) is 3.97.